The zero-order valence-corrected chi connectivity index (χ0v) is 22.9. The third kappa shape index (κ3) is 5.21. The van der Waals surface area contributed by atoms with Crippen molar-refractivity contribution in [2.75, 3.05) is 11.4 Å². The summed E-state index contributed by atoms with van der Waals surface area (Å²) in [6, 6.07) is 16.5. The van der Waals surface area contributed by atoms with E-state index in [0.717, 1.165) is 50.1 Å². The van der Waals surface area contributed by atoms with E-state index in [1.807, 2.05) is 59.5 Å². The molecule has 6 rings (SSSR count). The van der Waals surface area contributed by atoms with Crippen molar-refractivity contribution >= 4 is 35.3 Å². The van der Waals surface area contributed by atoms with Gasteiger partial charge in [0.25, 0.3) is 5.91 Å². The Bertz CT molecular complexity index is 1330. The minimum absolute atomic E-state index is 0.0130. The number of amides is 4. The number of ether oxygens (including phenoxy) is 1. The number of carbonyl (C=O) groups excluding carboxylic acids is 3. The first kappa shape index (κ1) is 26.5. The molecule has 0 spiro atoms. The lowest BCUT2D eigenvalue weighted by Gasteiger charge is -2.45. The monoisotopic (exact) mass is 559 g/mol. The van der Waals surface area contributed by atoms with Crippen molar-refractivity contribution in [2.45, 2.75) is 55.6 Å². The van der Waals surface area contributed by atoms with E-state index in [-0.39, 0.29) is 47.3 Å². The normalized spacial score (nSPS) is 27.4. The van der Waals surface area contributed by atoms with Crippen molar-refractivity contribution in [3.8, 4) is 11.5 Å². The Balaban J connectivity index is 1.20. The molecule has 40 heavy (non-hydrogen) atoms. The predicted molar refractivity (Wildman–Crippen MR) is 155 cm³/mol. The minimum atomic E-state index is -0.241. The lowest BCUT2D eigenvalue weighted by Crippen LogP contribution is -2.62. The maximum atomic E-state index is 13.6. The summed E-state index contributed by atoms with van der Waals surface area (Å²) in [7, 11) is 0. The highest BCUT2D eigenvalue weighted by Crippen LogP contribution is 2.48. The molecule has 10 heteroatoms. The Morgan fingerprint density at radius 3 is 2.40 bits per heavy atom. The van der Waals surface area contributed by atoms with E-state index >= 15 is 0 Å². The van der Waals surface area contributed by atoms with Crippen LogP contribution in [0.4, 0.5) is 10.5 Å². The zero-order valence-electron chi connectivity index (χ0n) is 22.1. The Morgan fingerprint density at radius 2 is 1.68 bits per heavy atom. The van der Waals surface area contributed by atoms with Crippen molar-refractivity contribution in [1.29, 1.82) is 0 Å². The van der Waals surface area contributed by atoms with Crippen LogP contribution in [0.1, 0.15) is 32.1 Å². The summed E-state index contributed by atoms with van der Waals surface area (Å²) >= 11 is 1.48. The van der Waals surface area contributed by atoms with Crippen LogP contribution in [0.3, 0.4) is 0 Å². The second-order valence-corrected chi connectivity index (χ2v) is 11.7. The molecule has 2 saturated heterocycles. The van der Waals surface area contributed by atoms with Crippen LogP contribution in [0.2, 0.25) is 0 Å². The number of rotatable bonds is 7. The minimum Gasteiger partial charge on any atom is -0.457 e. The van der Waals surface area contributed by atoms with Crippen LogP contribution in [0, 0.1) is 5.92 Å². The molecule has 0 aromatic heterocycles. The van der Waals surface area contributed by atoms with Crippen LogP contribution in [-0.2, 0) is 9.59 Å². The smallest absolute Gasteiger partial charge is 0.326 e. The lowest BCUT2D eigenvalue weighted by atomic mass is 9.86. The van der Waals surface area contributed by atoms with Gasteiger partial charge in [-0.3, -0.25) is 14.5 Å². The molecule has 3 heterocycles. The number of hydrogen-bond acceptors (Lipinski definition) is 6. The van der Waals surface area contributed by atoms with Crippen molar-refractivity contribution < 1.29 is 19.1 Å². The molecule has 9 nitrogen and oxygen atoms in total. The van der Waals surface area contributed by atoms with Crippen molar-refractivity contribution in [1.82, 2.24) is 21.3 Å². The number of nitrogens with zero attached hydrogens (tertiary/aromatic N) is 1. The van der Waals surface area contributed by atoms with Crippen LogP contribution in [0.25, 0.3) is 0 Å². The van der Waals surface area contributed by atoms with Gasteiger partial charge < -0.3 is 26.0 Å². The summed E-state index contributed by atoms with van der Waals surface area (Å²) in [4.78, 5) is 41.4. The maximum Gasteiger partial charge on any atom is 0.326 e. The fourth-order valence-electron chi connectivity index (χ4n) is 6.17. The van der Waals surface area contributed by atoms with E-state index in [9.17, 15) is 14.4 Å². The molecule has 3 unspecified atom stereocenters. The standard InChI is InChI=1S/C30H33N5O4S/c1-2-24(36)32-21-10-6-7-11-22(21)33-28(37)27-26-25-23(16-17-31-29(25)40-27)35(30(38)34-26)18-12-14-20(15-13-18)39-19-8-4-3-5-9-19/h2-5,8-9,12-15,21-23,25,29,31H,1,6-7,10-11,16-17H2,(H,32,36)(H,33,37)(H,34,38)/t21-,22+,23?,25?,29?/m0/s1. The maximum absolute atomic E-state index is 13.6. The first-order chi connectivity index (χ1) is 19.5. The number of anilines is 1. The number of nitrogens with one attached hydrogen (secondary N) is 4. The van der Waals surface area contributed by atoms with Crippen LogP contribution >= 0.6 is 11.8 Å². The Labute approximate surface area is 237 Å². The fraction of sp³-hybridized carbons (Fsp3) is 0.367. The number of carbonyl (C=O) groups is 3. The molecule has 1 saturated carbocycles. The largest absolute Gasteiger partial charge is 0.457 e. The van der Waals surface area contributed by atoms with Gasteiger partial charge in [-0.2, -0.15) is 0 Å². The molecule has 4 aliphatic rings. The first-order valence-corrected chi connectivity index (χ1v) is 14.7. The molecule has 2 aromatic carbocycles. The molecular formula is C30H33N5O4S. The molecule has 5 atom stereocenters. The topological polar surface area (TPSA) is 112 Å². The third-order valence-electron chi connectivity index (χ3n) is 8.04. The summed E-state index contributed by atoms with van der Waals surface area (Å²) in [6.07, 6.45) is 5.61. The number of piperidine rings is 1. The quantitative estimate of drug-likeness (QED) is 0.382. The van der Waals surface area contributed by atoms with Crippen molar-refractivity contribution in [3.63, 3.8) is 0 Å². The van der Waals surface area contributed by atoms with E-state index in [1.165, 1.54) is 17.8 Å². The second-order valence-electron chi connectivity index (χ2n) is 10.5. The van der Waals surface area contributed by atoms with Crippen molar-refractivity contribution in [2.24, 2.45) is 5.92 Å². The van der Waals surface area contributed by atoms with Crippen molar-refractivity contribution in [3.05, 3.63) is 77.9 Å². The zero-order chi connectivity index (χ0) is 27.6. The number of thioether (sulfide) groups is 1. The molecule has 3 fully saturated rings. The number of para-hydroxylation sites is 1. The first-order valence-electron chi connectivity index (χ1n) is 13.8. The van der Waals surface area contributed by atoms with Crippen LogP contribution < -0.4 is 30.9 Å². The van der Waals surface area contributed by atoms with Crippen LogP contribution in [0.5, 0.6) is 11.5 Å². The average Bonchev–Trinajstić information content (AvgIpc) is 3.35. The number of urea groups is 1. The molecule has 1 aliphatic carbocycles. The van der Waals surface area contributed by atoms with E-state index in [4.69, 9.17) is 4.74 Å². The molecule has 2 aromatic rings. The molecule has 0 radical (unpaired) electrons. The van der Waals surface area contributed by atoms with Crippen LogP contribution in [0.15, 0.2) is 77.9 Å². The Hall–Kier alpha value is -3.76. The van der Waals surface area contributed by atoms with Gasteiger partial charge in [0.15, 0.2) is 0 Å². The summed E-state index contributed by atoms with van der Waals surface area (Å²) < 4.78 is 5.92. The predicted octanol–water partition coefficient (Wildman–Crippen LogP) is 4.00. The molecule has 208 valence electrons. The number of hydrogen-bond donors (Lipinski definition) is 4. The average molecular weight is 560 g/mol. The van der Waals surface area contributed by atoms with E-state index in [2.05, 4.69) is 27.8 Å². The van der Waals surface area contributed by atoms with E-state index < -0.39 is 0 Å². The van der Waals surface area contributed by atoms with Crippen LogP contribution in [-0.4, -0.2) is 47.9 Å². The molecule has 3 aliphatic heterocycles. The summed E-state index contributed by atoms with van der Waals surface area (Å²) in [5.41, 5.74) is 1.48. The third-order valence-corrected chi connectivity index (χ3v) is 9.39. The summed E-state index contributed by atoms with van der Waals surface area (Å²) in [5.74, 6) is 0.965. The fourth-order valence-corrected chi connectivity index (χ4v) is 7.57. The van der Waals surface area contributed by atoms with E-state index in [1.54, 1.807) is 0 Å². The van der Waals surface area contributed by atoms with E-state index in [0.29, 0.717) is 16.4 Å². The Morgan fingerprint density at radius 1 is 0.975 bits per heavy atom. The summed E-state index contributed by atoms with van der Waals surface area (Å²) in [6.45, 7) is 4.29. The van der Waals surface area contributed by atoms with Gasteiger partial charge in [-0.15, -0.1) is 0 Å². The van der Waals surface area contributed by atoms with Gasteiger partial charge in [-0.25, -0.2) is 4.79 Å². The van der Waals surface area contributed by atoms with Gasteiger partial charge in [-0.1, -0.05) is 49.4 Å². The highest BCUT2D eigenvalue weighted by Gasteiger charge is 2.52. The van der Waals surface area contributed by atoms with Gasteiger partial charge in [-0.05, 0) is 68.3 Å². The lowest BCUT2D eigenvalue weighted by molar-refractivity contribution is -0.120. The SMILES string of the molecule is C=CC(=O)N[C@H]1CCCC[C@H]1NC(=O)C1=C2NC(=O)N(c3ccc(Oc4ccccc4)cc3)C3CCNC(S1)C23. The second kappa shape index (κ2) is 11.4. The Kier molecular flexibility index (Phi) is 7.53. The van der Waals surface area contributed by atoms with Gasteiger partial charge in [0.05, 0.1) is 16.3 Å². The highest BCUT2D eigenvalue weighted by atomic mass is 32.2. The molecule has 0 bridgehead atoms. The molecule has 4 N–H and O–H groups in total. The molecule has 4 amide bonds. The van der Waals surface area contributed by atoms with Gasteiger partial charge in [0.1, 0.15) is 11.5 Å². The number of benzene rings is 2. The van der Waals surface area contributed by atoms with Gasteiger partial charge in [0, 0.05) is 29.4 Å². The van der Waals surface area contributed by atoms with Gasteiger partial charge >= 0.3 is 6.03 Å². The highest BCUT2D eigenvalue weighted by molar-refractivity contribution is 8.04. The summed E-state index contributed by atoms with van der Waals surface area (Å²) in [5, 5.41) is 12.7. The van der Waals surface area contributed by atoms with Gasteiger partial charge in [0.2, 0.25) is 5.91 Å². The molecular weight excluding hydrogens is 526 g/mol.